The van der Waals surface area contributed by atoms with Gasteiger partial charge in [-0.3, -0.25) is 14.2 Å². The third-order valence-electron chi connectivity index (χ3n) is 7.35. The van der Waals surface area contributed by atoms with Gasteiger partial charge in [0.05, 0.1) is 16.3 Å². The van der Waals surface area contributed by atoms with Crippen molar-refractivity contribution in [3.05, 3.63) is 66.8 Å². The molecule has 1 aromatic carbocycles. The molecule has 3 heterocycles. The van der Waals surface area contributed by atoms with E-state index in [0.29, 0.717) is 23.0 Å². The first-order valence-electron chi connectivity index (χ1n) is 11.2. The van der Waals surface area contributed by atoms with Crippen LogP contribution in [0.2, 0.25) is 0 Å². The molecule has 2 aromatic heterocycles. The molecule has 0 radical (unpaired) electrons. The van der Waals surface area contributed by atoms with Gasteiger partial charge in [-0.2, -0.15) is 13.2 Å². The minimum absolute atomic E-state index is 0.157. The van der Waals surface area contributed by atoms with Crippen LogP contribution in [0.15, 0.2) is 51.6 Å². The van der Waals surface area contributed by atoms with Gasteiger partial charge in [-0.1, -0.05) is 29.5 Å². The lowest BCUT2D eigenvalue weighted by Gasteiger charge is -2.40. The number of anilines is 1. The van der Waals surface area contributed by atoms with Gasteiger partial charge < -0.3 is 5.32 Å². The molecular weight excluding hydrogens is 501 g/mol. The number of halogens is 3. The summed E-state index contributed by atoms with van der Waals surface area (Å²) in [5.74, 6) is 1.29. The van der Waals surface area contributed by atoms with Crippen LogP contribution in [0.5, 0.6) is 0 Å². The maximum Gasteiger partial charge on any atom is 0.418 e. The third-order valence-corrected chi connectivity index (χ3v) is 11.1. The van der Waals surface area contributed by atoms with E-state index in [0.717, 1.165) is 16.0 Å². The number of carbonyl (C=O) groups is 1. The Balaban J connectivity index is 1.33. The Hall–Kier alpha value is -2.04. The molecule has 34 heavy (non-hydrogen) atoms. The van der Waals surface area contributed by atoms with E-state index in [1.54, 1.807) is 23.1 Å². The lowest BCUT2D eigenvalue weighted by molar-refractivity contribution is -0.137. The second kappa shape index (κ2) is 8.27. The average molecular weight is 523 g/mol. The quantitative estimate of drug-likeness (QED) is 0.439. The molecule has 10 heteroatoms. The highest BCUT2D eigenvalue weighted by Gasteiger charge is 2.55. The molecule has 2 fully saturated rings. The van der Waals surface area contributed by atoms with E-state index >= 15 is 0 Å². The summed E-state index contributed by atoms with van der Waals surface area (Å²) in [6.07, 6.45) is -0.921. The standard InChI is InChI=1S/C24H21F3N2O2S3/c25-24(26,27)14-4-1-2-5-15(14)28-17(30)11-29-22-21(34-23(29)31)19(16-6-3-9-32-16)18-12-7-8-13(10-12)20(18)33-22/h1-6,9,12-13,18-20H,7-8,10-11H2,(H,28,30)/t12-,13-,18-,19-,20+/m0/s1. The Morgan fingerprint density at radius 1 is 1.12 bits per heavy atom. The van der Waals surface area contributed by atoms with Crippen LogP contribution in [-0.2, 0) is 17.5 Å². The van der Waals surface area contributed by atoms with Crippen LogP contribution in [-0.4, -0.2) is 15.7 Å². The summed E-state index contributed by atoms with van der Waals surface area (Å²) < 4.78 is 41.5. The number of nitrogens with zero attached hydrogens (tertiary/aromatic N) is 1. The minimum atomic E-state index is -4.58. The molecule has 6 rings (SSSR count). The van der Waals surface area contributed by atoms with Crippen LogP contribution in [0.4, 0.5) is 18.9 Å². The number of aromatic nitrogens is 1. The number of thiophene rings is 1. The number of alkyl halides is 3. The van der Waals surface area contributed by atoms with Crippen LogP contribution >= 0.6 is 34.4 Å². The molecule has 178 valence electrons. The van der Waals surface area contributed by atoms with Crippen LogP contribution in [0, 0.1) is 17.8 Å². The first kappa shape index (κ1) is 22.4. The predicted octanol–water partition coefficient (Wildman–Crippen LogP) is 6.28. The molecule has 3 aromatic rings. The number of thioether (sulfide) groups is 1. The molecule has 2 saturated carbocycles. The smallest absolute Gasteiger partial charge is 0.324 e. The van der Waals surface area contributed by atoms with E-state index in [4.69, 9.17) is 0 Å². The van der Waals surface area contributed by atoms with Gasteiger partial charge in [0.2, 0.25) is 5.91 Å². The summed E-state index contributed by atoms with van der Waals surface area (Å²) in [6, 6.07) is 9.06. The number of amides is 1. The van der Waals surface area contributed by atoms with Crippen LogP contribution in [0.3, 0.4) is 0 Å². The number of thiazole rings is 1. The van der Waals surface area contributed by atoms with Gasteiger partial charge >= 0.3 is 11.0 Å². The lowest BCUT2D eigenvalue weighted by atomic mass is 9.77. The first-order chi connectivity index (χ1) is 16.3. The molecule has 0 unspecified atom stereocenters. The third kappa shape index (κ3) is 3.65. The Labute approximate surface area is 206 Å². The number of hydrogen-bond acceptors (Lipinski definition) is 5. The Morgan fingerprint density at radius 3 is 2.68 bits per heavy atom. The van der Waals surface area contributed by atoms with Gasteiger partial charge in [0.15, 0.2) is 0 Å². The predicted molar refractivity (Wildman–Crippen MR) is 129 cm³/mol. The largest absolute Gasteiger partial charge is 0.418 e. The van der Waals surface area contributed by atoms with Gasteiger partial charge in [-0.15, -0.1) is 23.1 Å². The van der Waals surface area contributed by atoms with Crippen LogP contribution < -0.4 is 10.2 Å². The van der Waals surface area contributed by atoms with E-state index in [1.165, 1.54) is 58.2 Å². The van der Waals surface area contributed by atoms with Gasteiger partial charge in [0.1, 0.15) is 6.54 Å². The number of para-hydroxylation sites is 1. The fourth-order valence-corrected chi connectivity index (χ4v) is 10.2. The van der Waals surface area contributed by atoms with Crippen molar-refractivity contribution < 1.29 is 18.0 Å². The summed E-state index contributed by atoms with van der Waals surface area (Å²) >= 11 is 4.61. The zero-order valence-electron chi connectivity index (χ0n) is 17.9. The Bertz CT molecular complexity index is 1300. The number of hydrogen-bond donors (Lipinski definition) is 1. The molecule has 2 bridgehead atoms. The molecule has 5 atom stereocenters. The number of rotatable bonds is 4. The van der Waals surface area contributed by atoms with Crippen molar-refractivity contribution in [2.24, 2.45) is 17.8 Å². The normalized spacial score (nSPS) is 27.4. The molecule has 1 amide bonds. The maximum atomic E-state index is 13.3. The van der Waals surface area contributed by atoms with E-state index in [-0.39, 0.29) is 23.0 Å². The van der Waals surface area contributed by atoms with Crippen molar-refractivity contribution in [3.63, 3.8) is 0 Å². The lowest BCUT2D eigenvalue weighted by Crippen LogP contribution is -2.34. The molecule has 1 aliphatic heterocycles. The van der Waals surface area contributed by atoms with E-state index in [9.17, 15) is 22.8 Å². The van der Waals surface area contributed by atoms with E-state index < -0.39 is 17.6 Å². The summed E-state index contributed by atoms with van der Waals surface area (Å²) in [5, 5.41) is 5.67. The summed E-state index contributed by atoms with van der Waals surface area (Å²) in [5.41, 5.74) is -1.20. The SMILES string of the molecule is O=C(Cn1c2c(sc1=O)[C@@H](c1cccs1)[C@@H]1[C@H]3CC[C@@H](C3)[C@H]1S2)Nc1ccccc1C(F)(F)F. The summed E-state index contributed by atoms with van der Waals surface area (Å²) in [6.45, 7) is -0.299. The summed E-state index contributed by atoms with van der Waals surface area (Å²) in [4.78, 5) is 27.9. The van der Waals surface area contributed by atoms with Crippen molar-refractivity contribution >= 4 is 46.0 Å². The molecule has 0 saturated heterocycles. The average Bonchev–Trinajstić information content (AvgIpc) is 3.58. The highest BCUT2D eigenvalue weighted by Crippen LogP contribution is 2.64. The van der Waals surface area contributed by atoms with Crippen molar-refractivity contribution in [1.82, 2.24) is 4.57 Å². The highest BCUT2D eigenvalue weighted by molar-refractivity contribution is 8.00. The molecule has 2 aliphatic carbocycles. The number of carbonyl (C=O) groups excluding carboxylic acids is 1. The maximum absolute atomic E-state index is 13.3. The Kier molecular flexibility index (Phi) is 5.46. The van der Waals surface area contributed by atoms with E-state index in [1.807, 2.05) is 6.07 Å². The van der Waals surface area contributed by atoms with Gasteiger partial charge in [-0.05, 0) is 60.6 Å². The number of nitrogens with one attached hydrogen (secondary N) is 1. The minimum Gasteiger partial charge on any atom is -0.324 e. The fourth-order valence-electron chi connectivity index (χ4n) is 6.05. The fraction of sp³-hybridized carbons (Fsp3) is 0.417. The first-order valence-corrected chi connectivity index (χ1v) is 13.8. The summed E-state index contributed by atoms with van der Waals surface area (Å²) in [7, 11) is 0. The second-order valence-corrected chi connectivity index (χ2v) is 12.3. The van der Waals surface area contributed by atoms with Gasteiger partial charge in [0, 0.05) is 20.9 Å². The van der Waals surface area contributed by atoms with E-state index in [2.05, 4.69) is 16.8 Å². The molecule has 4 nitrogen and oxygen atoms in total. The Morgan fingerprint density at radius 2 is 1.91 bits per heavy atom. The molecule has 3 aliphatic rings. The topological polar surface area (TPSA) is 51.1 Å². The van der Waals surface area contributed by atoms with Gasteiger partial charge in [0.25, 0.3) is 0 Å². The zero-order chi connectivity index (χ0) is 23.6. The number of fused-ring (bicyclic) bond motifs is 6. The van der Waals surface area contributed by atoms with Crippen molar-refractivity contribution in [2.75, 3.05) is 5.32 Å². The van der Waals surface area contributed by atoms with Gasteiger partial charge in [-0.25, -0.2) is 0 Å². The van der Waals surface area contributed by atoms with Crippen molar-refractivity contribution in [2.45, 2.75) is 48.2 Å². The number of benzene rings is 1. The van der Waals surface area contributed by atoms with Crippen molar-refractivity contribution in [3.8, 4) is 0 Å². The molecular formula is C24H21F3N2O2S3. The molecule has 1 N–H and O–H groups in total. The monoisotopic (exact) mass is 522 g/mol. The van der Waals surface area contributed by atoms with Crippen molar-refractivity contribution in [1.29, 1.82) is 0 Å². The zero-order valence-corrected chi connectivity index (χ0v) is 20.3. The molecule has 0 spiro atoms. The van der Waals surface area contributed by atoms with Crippen LogP contribution in [0.25, 0.3) is 0 Å². The second-order valence-electron chi connectivity index (χ2n) is 9.20. The van der Waals surface area contributed by atoms with Crippen LogP contribution in [0.1, 0.15) is 40.5 Å². The highest BCUT2D eigenvalue weighted by atomic mass is 32.2.